The molecular formula is C19H33NO. The Morgan fingerprint density at radius 1 is 1.14 bits per heavy atom. The molecule has 2 aliphatic rings. The van der Waals surface area contributed by atoms with Crippen molar-refractivity contribution in [3.8, 4) is 6.07 Å². The maximum Gasteiger partial charge on any atom is 0.0866 e. The van der Waals surface area contributed by atoms with Crippen LogP contribution in [0.4, 0.5) is 0 Å². The summed E-state index contributed by atoms with van der Waals surface area (Å²) in [7, 11) is 0. The van der Waals surface area contributed by atoms with Gasteiger partial charge in [0, 0.05) is 0 Å². The first-order valence-corrected chi connectivity index (χ1v) is 8.93. The highest BCUT2D eigenvalue weighted by Crippen LogP contribution is 2.58. The van der Waals surface area contributed by atoms with Crippen molar-refractivity contribution in [3.05, 3.63) is 0 Å². The van der Waals surface area contributed by atoms with E-state index in [2.05, 4.69) is 33.8 Å². The Labute approximate surface area is 130 Å². The molecule has 0 saturated heterocycles. The van der Waals surface area contributed by atoms with E-state index in [0.717, 1.165) is 44.9 Å². The van der Waals surface area contributed by atoms with E-state index in [4.69, 9.17) is 0 Å². The van der Waals surface area contributed by atoms with Crippen LogP contribution in [0.25, 0.3) is 0 Å². The molecule has 0 aromatic heterocycles. The molecule has 1 N–H and O–H groups in total. The van der Waals surface area contributed by atoms with Crippen molar-refractivity contribution in [1.29, 1.82) is 5.26 Å². The van der Waals surface area contributed by atoms with Gasteiger partial charge in [0.15, 0.2) is 0 Å². The van der Waals surface area contributed by atoms with E-state index in [1.54, 1.807) is 0 Å². The molecule has 2 fully saturated rings. The van der Waals surface area contributed by atoms with Gasteiger partial charge in [-0.1, -0.05) is 59.8 Å². The summed E-state index contributed by atoms with van der Waals surface area (Å²) in [4.78, 5) is 0. The molecule has 0 aliphatic heterocycles. The van der Waals surface area contributed by atoms with Gasteiger partial charge in [-0.3, -0.25) is 0 Å². The molecule has 2 aliphatic carbocycles. The molecule has 2 heteroatoms. The first kappa shape index (κ1) is 16.8. The standard InChI is InChI=1S/C19H33NO/c1-5-15-9-8-11-18(13-15,14-20)19(21)12-7-6-10-16(19)17(2,3)4/h15-16,21H,5-13H2,1-4H3. The average Bonchev–Trinajstić information content (AvgIpc) is 2.46. The monoisotopic (exact) mass is 291 g/mol. The lowest BCUT2D eigenvalue weighted by Crippen LogP contribution is -2.59. The number of nitriles is 1. The van der Waals surface area contributed by atoms with Crippen molar-refractivity contribution in [3.63, 3.8) is 0 Å². The second-order valence-electron chi connectivity index (χ2n) is 8.65. The highest BCUT2D eigenvalue weighted by Gasteiger charge is 2.59. The molecular weight excluding hydrogens is 258 g/mol. The third-order valence-corrected chi connectivity index (χ3v) is 6.40. The van der Waals surface area contributed by atoms with Gasteiger partial charge in [-0.15, -0.1) is 0 Å². The second kappa shape index (κ2) is 5.92. The minimum absolute atomic E-state index is 0.0676. The van der Waals surface area contributed by atoms with Crippen molar-refractivity contribution < 1.29 is 5.11 Å². The van der Waals surface area contributed by atoms with Crippen LogP contribution in [0.3, 0.4) is 0 Å². The van der Waals surface area contributed by atoms with Crippen LogP contribution in [-0.2, 0) is 0 Å². The lowest BCUT2D eigenvalue weighted by Gasteiger charge is -2.56. The quantitative estimate of drug-likeness (QED) is 0.772. The number of nitrogens with zero attached hydrogens (tertiary/aromatic N) is 1. The van der Waals surface area contributed by atoms with Crippen molar-refractivity contribution in [2.75, 3.05) is 0 Å². The molecule has 2 saturated carbocycles. The maximum atomic E-state index is 11.7. The topological polar surface area (TPSA) is 44.0 Å². The predicted molar refractivity (Wildman–Crippen MR) is 86.7 cm³/mol. The molecule has 0 aromatic rings. The molecule has 0 heterocycles. The summed E-state index contributed by atoms with van der Waals surface area (Å²) in [5, 5.41) is 21.8. The fourth-order valence-corrected chi connectivity index (χ4v) is 5.21. The zero-order valence-electron chi connectivity index (χ0n) is 14.4. The van der Waals surface area contributed by atoms with E-state index >= 15 is 0 Å². The number of aliphatic hydroxyl groups is 1. The first-order valence-electron chi connectivity index (χ1n) is 8.93. The van der Waals surface area contributed by atoms with Crippen LogP contribution in [0.5, 0.6) is 0 Å². The molecule has 120 valence electrons. The Bertz CT molecular complexity index is 405. The smallest absolute Gasteiger partial charge is 0.0866 e. The molecule has 0 aromatic carbocycles. The summed E-state index contributed by atoms with van der Waals surface area (Å²) < 4.78 is 0. The lowest BCUT2D eigenvalue weighted by molar-refractivity contribution is -0.169. The lowest BCUT2D eigenvalue weighted by atomic mass is 9.50. The van der Waals surface area contributed by atoms with E-state index in [-0.39, 0.29) is 11.3 Å². The van der Waals surface area contributed by atoms with Crippen LogP contribution in [0, 0.1) is 34.0 Å². The van der Waals surface area contributed by atoms with Crippen LogP contribution >= 0.6 is 0 Å². The molecule has 4 atom stereocenters. The van der Waals surface area contributed by atoms with Crippen LogP contribution < -0.4 is 0 Å². The first-order chi connectivity index (χ1) is 9.79. The van der Waals surface area contributed by atoms with Crippen molar-refractivity contribution >= 4 is 0 Å². The molecule has 0 amide bonds. The number of hydrogen-bond acceptors (Lipinski definition) is 2. The van der Waals surface area contributed by atoms with Crippen molar-refractivity contribution in [2.45, 2.75) is 91.1 Å². The summed E-state index contributed by atoms with van der Waals surface area (Å²) >= 11 is 0. The Morgan fingerprint density at radius 2 is 1.86 bits per heavy atom. The second-order valence-corrected chi connectivity index (χ2v) is 8.65. The summed E-state index contributed by atoms with van der Waals surface area (Å²) in [5.74, 6) is 0.860. The van der Waals surface area contributed by atoms with E-state index in [9.17, 15) is 10.4 Å². The molecule has 4 unspecified atom stereocenters. The van der Waals surface area contributed by atoms with Gasteiger partial charge in [0.1, 0.15) is 0 Å². The average molecular weight is 291 g/mol. The highest BCUT2D eigenvalue weighted by atomic mass is 16.3. The predicted octanol–water partition coefficient (Wildman–Crippen LogP) is 5.06. The fourth-order valence-electron chi connectivity index (χ4n) is 5.21. The van der Waals surface area contributed by atoms with Crippen LogP contribution in [0.15, 0.2) is 0 Å². The highest BCUT2D eigenvalue weighted by molar-refractivity contribution is 5.17. The summed E-state index contributed by atoms with van der Waals surface area (Å²) in [6.45, 7) is 8.93. The van der Waals surface area contributed by atoms with Crippen LogP contribution in [0.2, 0.25) is 0 Å². The maximum absolute atomic E-state index is 11.7. The Kier molecular flexibility index (Phi) is 4.74. The molecule has 0 spiro atoms. The number of hydrogen-bond donors (Lipinski definition) is 1. The Morgan fingerprint density at radius 3 is 2.43 bits per heavy atom. The van der Waals surface area contributed by atoms with E-state index in [1.807, 2.05) is 0 Å². The van der Waals surface area contributed by atoms with Gasteiger partial charge in [0.2, 0.25) is 0 Å². The third-order valence-electron chi connectivity index (χ3n) is 6.40. The fraction of sp³-hybridized carbons (Fsp3) is 0.947. The summed E-state index contributed by atoms with van der Waals surface area (Å²) in [5.41, 5.74) is -1.23. The number of rotatable bonds is 2. The van der Waals surface area contributed by atoms with Gasteiger partial charge in [0.05, 0.1) is 17.1 Å². The van der Waals surface area contributed by atoms with E-state index in [0.29, 0.717) is 5.92 Å². The Hall–Kier alpha value is -0.550. The minimum atomic E-state index is -0.786. The van der Waals surface area contributed by atoms with Gasteiger partial charge in [-0.25, -0.2) is 0 Å². The molecule has 0 radical (unpaired) electrons. The normalized spacial score (nSPS) is 41.5. The third kappa shape index (κ3) is 2.87. The zero-order valence-corrected chi connectivity index (χ0v) is 14.4. The van der Waals surface area contributed by atoms with Gasteiger partial charge < -0.3 is 5.11 Å². The molecule has 0 bridgehead atoms. The van der Waals surface area contributed by atoms with Gasteiger partial charge in [-0.2, -0.15) is 5.26 Å². The van der Waals surface area contributed by atoms with Crippen LogP contribution in [0.1, 0.15) is 85.5 Å². The summed E-state index contributed by atoms with van der Waals surface area (Å²) in [6, 6.07) is 2.64. The molecule has 2 rings (SSSR count). The molecule has 2 nitrogen and oxygen atoms in total. The SMILES string of the molecule is CCC1CCCC(C#N)(C2(O)CCCCC2C(C)(C)C)C1. The zero-order chi connectivity index (χ0) is 15.7. The van der Waals surface area contributed by atoms with Gasteiger partial charge in [0.25, 0.3) is 0 Å². The van der Waals surface area contributed by atoms with Crippen molar-refractivity contribution in [1.82, 2.24) is 0 Å². The van der Waals surface area contributed by atoms with Crippen molar-refractivity contribution in [2.24, 2.45) is 22.7 Å². The summed E-state index contributed by atoms with van der Waals surface area (Å²) in [6.07, 6.45) is 9.43. The van der Waals surface area contributed by atoms with Gasteiger partial charge in [-0.05, 0) is 42.9 Å². The van der Waals surface area contributed by atoms with Crippen LogP contribution in [-0.4, -0.2) is 10.7 Å². The Balaban J connectivity index is 2.39. The van der Waals surface area contributed by atoms with E-state index in [1.165, 1.54) is 12.8 Å². The van der Waals surface area contributed by atoms with E-state index < -0.39 is 11.0 Å². The molecule has 21 heavy (non-hydrogen) atoms. The van der Waals surface area contributed by atoms with Gasteiger partial charge >= 0.3 is 0 Å². The minimum Gasteiger partial charge on any atom is -0.388 e. The largest absolute Gasteiger partial charge is 0.388 e.